The maximum atomic E-state index is 13.7. The molecule has 1 fully saturated rings. The molecule has 0 amide bonds. The first-order chi connectivity index (χ1) is 13.5. The van der Waals surface area contributed by atoms with E-state index in [4.69, 9.17) is 4.74 Å². The molecule has 4 rings (SSSR count). The van der Waals surface area contributed by atoms with Crippen LogP contribution in [-0.4, -0.2) is 74.3 Å². The standard InChI is InChI=1S/C17H20FN7O3/c1-28-5-3-19-16-23-17(24-4-2-12(18)9-24)22-14-11(8-20-25(14)16)6-10-7-13(26)21-15(10)27/h6-8,12,21,26-27H,2-5,9H2,1H3. The fourth-order valence-corrected chi connectivity index (χ4v) is 3.07. The summed E-state index contributed by atoms with van der Waals surface area (Å²) < 4.78 is 20.2. The number of halogens is 1. The topological polar surface area (TPSA) is 124 Å². The first kappa shape index (κ1) is 18.2. The monoisotopic (exact) mass is 389 g/mol. The van der Waals surface area contributed by atoms with Crippen LogP contribution in [0.2, 0.25) is 0 Å². The van der Waals surface area contributed by atoms with Crippen molar-refractivity contribution in [2.75, 3.05) is 38.3 Å². The van der Waals surface area contributed by atoms with Crippen molar-refractivity contribution in [1.29, 1.82) is 0 Å². The van der Waals surface area contributed by atoms with Crippen molar-refractivity contribution in [2.45, 2.75) is 12.6 Å². The van der Waals surface area contributed by atoms with Gasteiger partial charge in [-0.15, -0.1) is 0 Å². The van der Waals surface area contributed by atoms with E-state index in [1.807, 2.05) is 0 Å². The first-order valence-corrected chi connectivity index (χ1v) is 8.82. The van der Waals surface area contributed by atoms with Crippen LogP contribution < -0.4 is 15.7 Å². The second-order valence-electron chi connectivity index (χ2n) is 6.47. The summed E-state index contributed by atoms with van der Waals surface area (Å²) in [5.41, 5.74) is 1.18. The summed E-state index contributed by atoms with van der Waals surface area (Å²) in [5, 5.41) is 24.3. The summed E-state index contributed by atoms with van der Waals surface area (Å²) in [7, 11) is 1.59. The Balaban J connectivity index is 1.87. The van der Waals surface area contributed by atoms with Gasteiger partial charge < -0.3 is 19.8 Å². The Morgan fingerprint density at radius 2 is 2.29 bits per heavy atom. The number of alkyl halides is 1. The Kier molecular flexibility index (Phi) is 4.82. The molecule has 3 aromatic rings. The zero-order valence-electron chi connectivity index (χ0n) is 15.2. The van der Waals surface area contributed by atoms with Gasteiger partial charge in [0.2, 0.25) is 5.95 Å². The number of aromatic amines is 1. The normalized spacial score (nSPS) is 18.6. The first-order valence-electron chi connectivity index (χ1n) is 8.82. The molecule has 3 aromatic heterocycles. The number of H-pyrrole nitrogens is 1. The number of rotatable bonds is 5. The van der Waals surface area contributed by atoms with E-state index >= 15 is 0 Å². The van der Waals surface area contributed by atoms with Crippen molar-refractivity contribution in [3.63, 3.8) is 0 Å². The highest BCUT2D eigenvalue weighted by Crippen LogP contribution is 2.22. The van der Waals surface area contributed by atoms with Gasteiger partial charge in [0.15, 0.2) is 17.4 Å². The number of nitrogens with one attached hydrogen (secondary N) is 1. The maximum absolute atomic E-state index is 13.7. The van der Waals surface area contributed by atoms with Gasteiger partial charge in [-0.05, 0) is 12.5 Å². The van der Waals surface area contributed by atoms with Crippen LogP contribution in [0.25, 0.3) is 11.7 Å². The lowest BCUT2D eigenvalue weighted by Crippen LogP contribution is -2.30. The Hall–Kier alpha value is -3.21. The molecule has 1 unspecified atom stereocenters. The van der Waals surface area contributed by atoms with Gasteiger partial charge in [0.05, 0.1) is 25.9 Å². The zero-order chi connectivity index (χ0) is 19.7. The van der Waals surface area contributed by atoms with Crippen molar-refractivity contribution in [2.24, 2.45) is 4.99 Å². The number of fused-ring (bicyclic) bond motifs is 1. The Bertz CT molecular complexity index is 1110. The van der Waals surface area contributed by atoms with Crippen molar-refractivity contribution >= 4 is 17.7 Å². The fraction of sp³-hybridized carbons (Fsp3) is 0.412. The number of aromatic hydroxyl groups is 2. The molecule has 0 radical (unpaired) electrons. The molecule has 0 saturated carbocycles. The number of hydrogen-bond acceptors (Lipinski definition) is 8. The van der Waals surface area contributed by atoms with Crippen molar-refractivity contribution in [3.8, 4) is 11.8 Å². The van der Waals surface area contributed by atoms with Gasteiger partial charge in [0.1, 0.15) is 6.17 Å². The largest absolute Gasteiger partial charge is 0.494 e. The average Bonchev–Trinajstić information content (AvgIpc) is 3.35. The molecule has 0 aromatic carbocycles. The molecular formula is C17H20FN7O3. The van der Waals surface area contributed by atoms with Gasteiger partial charge in [-0.1, -0.05) is 0 Å². The van der Waals surface area contributed by atoms with E-state index in [2.05, 4.69) is 25.0 Å². The third kappa shape index (κ3) is 3.48. The summed E-state index contributed by atoms with van der Waals surface area (Å²) in [6.07, 6.45) is 2.71. The van der Waals surface area contributed by atoms with E-state index in [1.54, 1.807) is 24.3 Å². The van der Waals surface area contributed by atoms with Crippen molar-refractivity contribution < 1.29 is 19.3 Å². The van der Waals surface area contributed by atoms with Gasteiger partial charge in [-0.3, -0.25) is 4.98 Å². The predicted molar refractivity (Wildman–Crippen MR) is 97.7 cm³/mol. The smallest absolute Gasteiger partial charge is 0.251 e. The molecule has 28 heavy (non-hydrogen) atoms. The van der Waals surface area contributed by atoms with Crippen LogP contribution in [0.1, 0.15) is 12.0 Å². The third-order valence-corrected chi connectivity index (χ3v) is 4.45. The Morgan fingerprint density at radius 1 is 1.43 bits per heavy atom. The van der Waals surface area contributed by atoms with Gasteiger partial charge in [0.25, 0.3) is 5.62 Å². The number of ether oxygens (including phenoxy) is 1. The molecular weight excluding hydrogens is 369 g/mol. The van der Waals surface area contributed by atoms with Gasteiger partial charge in [0, 0.05) is 30.5 Å². The lowest BCUT2D eigenvalue weighted by molar-refractivity contribution is 0.207. The second kappa shape index (κ2) is 7.43. The highest BCUT2D eigenvalue weighted by Gasteiger charge is 2.24. The number of methoxy groups -OCH3 is 1. The molecule has 1 atom stereocenters. The Morgan fingerprint density at radius 3 is 2.96 bits per heavy atom. The predicted octanol–water partition coefficient (Wildman–Crippen LogP) is -0.493. The summed E-state index contributed by atoms with van der Waals surface area (Å²) in [4.78, 5) is 17.6. The van der Waals surface area contributed by atoms with Gasteiger partial charge >= 0.3 is 0 Å². The van der Waals surface area contributed by atoms with Crippen LogP contribution in [0.15, 0.2) is 17.3 Å². The lowest BCUT2D eigenvalue weighted by Gasteiger charge is -2.14. The number of anilines is 1. The fourth-order valence-electron chi connectivity index (χ4n) is 3.07. The Labute approximate surface area is 158 Å². The maximum Gasteiger partial charge on any atom is 0.251 e. The van der Waals surface area contributed by atoms with E-state index in [9.17, 15) is 14.6 Å². The van der Waals surface area contributed by atoms with Crippen molar-refractivity contribution in [1.82, 2.24) is 24.6 Å². The van der Waals surface area contributed by atoms with Crippen LogP contribution in [-0.2, 0) is 4.74 Å². The molecule has 4 heterocycles. The van der Waals surface area contributed by atoms with Crippen molar-refractivity contribution in [3.05, 3.63) is 28.7 Å². The minimum Gasteiger partial charge on any atom is -0.494 e. The van der Waals surface area contributed by atoms with Crippen LogP contribution >= 0.6 is 0 Å². The molecule has 3 N–H and O–H groups in total. The minimum atomic E-state index is -0.913. The lowest BCUT2D eigenvalue weighted by atomic mass is 10.2. The van der Waals surface area contributed by atoms with Gasteiger partial charge in [-0.2, -0.15) is 19.6 Å². The molecule has 0 bridgehead atoms. The minimum absolute atomic E-state index is 0.156. The SMILES string of the molecule is COCCN=c1nc(N2CCC(F)C2)nc2c(=Cc3cc(O)[nH]c3O)cnn12. The molecule has 1 aliphatic heterocycles. The average molecular weight is 389 g/mol. The second-order valence-corrected chi connectivity index (χ2v) is 6.47. The van der Waals surface area contributed by atoms with Gasteiger partial charge in [-0.25, -0.2) is 9.38 Å². The molecule has 0 aliphatic carbocycles. The summed E-state index contributed by atoms with van der Waals surface area (Å²) in [6.45, 7) is 1.56. The molecule has 148 valence electrons. The number of hydrogen-bond donors (Lipinski definition) is 3. The van der Waals surface area contributed by atoms with E-state index in [0.29, 0.717) is 54.1 Å². The summed E-state index contributed by atoms with van der Waals surface area (Å²) in [6, 6.07) is 1.39. The number of nitrogens with zero attached hydrogens (tertiary/aromatic N) is 6. The van der Waals surface area contributed by atoms with Crippen LogP contribution in [0.4, 0.5) is 10.3 Å². The highest BCUT2D eigenvalue weighted by atomic mass is 19.1. The van der Waals surface area contributed by atoms with E-state index < -0.39 is 6.17 Å². The summed E-state index contributed by atoms with van der Waals surface area (Å²) in [5.74, 6) is 0.0490. The quantitative estimate of drug-likeness (QED) is 0.503. The molecule has 11 heteroatoms. The molecule has 1 saturated heterocycles. The van der Waals surface area contributed by atoms with Crippen LogP contribution in [0.3, 0.4) is 0 Å². The number of aromatic nitrogens is 5. The molecule has 0 spiro atoms. The molecule has 10 nitrogen and oxygen atoms in total. The van der Waals surface area contributed by atoms with Crippen LogP contribution in [0, 0.1) is 0 Å². The van der Waals surface area contributed by atoms with E-state index in [0.717, 1.165) is 0 Å². The third-order valence-electron chi connectivity index (χ3n) is 4.45. The zero-order valence-corrected chi connectivity index (χ0v) is 15.2. The molecule has 1 aliphatic rings. The van der Waals surface area contributed by atoms with E-state index in [1.165, 1.54) is 10.6 Å². The van der Waals surface area contributed by atoms with Crippen LogP contribution in [0.5, 0.6) is 11.8 Å². The summed E-state index contributed by atoms with van der Waals surface area (Å²) >= 11 is 0. The highest BCUT2D eigenvalue weighted by molar-refractivity contribution is 5.61. The van der Waals surface area contributed by atoms with E-state index in [-0.39, 0.29) is 18.3 Å².